The fourth-order valence-electron chi connectivity index (χ4n) is 3.11. The molecule has 0 bridgehead atoms. The summed E-state index contributed by atoms with van der Waals surface area (Å²) < 4.78 is 8.26. The molecule has 0 saturated heterocycles. The molecule has 7 heteroatoms. The van der Waals surface area contributed by atoms with Crippen molar-refractivity contribution >= 4 is 21.9 Å². The van der Waals surface area contributed by atoms with Crippen LogP contribution in [0.2, 0.25) is 0 Å². The number of ether oxygens (including phenoxy) is 1. The lowest BCUT2D eigenvalue weighted by Crippen LogP contribution is -2.28. The molecule has 0 spiro atoms. The standard InChI is InChI=1S/C17H16BrN5O/c1-24-14-7-3-5-12(9-14)16-10-15(11-4-2-6-13(18)8-11)19-17-20-21-22-23(16)17/h2-9,15-16H,10H2,1H3,(H,19,20,22)/t15-,16+/m0/s1. The molecule has 4 rings (SSSR count). The van der Waals surface area contributed by atoms with Gasteiger partial charge in [0.25, 0.3) is 0 Å². The number of aromatic nitrogens is 4. The van der Waals surface area contributed by atoms with Gasteiger partial charge in [0.1, 0.15) is 5.75 Å². The van der Waals surface area contributed by atoms with Crippen LogP contribution in [-0.2, 0) is 0 Å². The van der Waals surface area contributed by atoms with E-state index in [4.69, 9.17) is 4.74 Å². The Morgan fingerprint density at radius 3 is 2.83 bits per heavy atom. The third-order valence-corrected chi connectivity index (χ3v) is 4.77. The second kappa shape index (κ2) is 6.24. The molecule has 0 aliphatic carbocycles. The molecule has 3 aromatic rings. The highest BCUT2D eigenvalue weighted by Gasteiger charge is 2.30. The maximum atomic E-state index is 5.36. The number of anilines is 1. The number of rotatable bonds is 3. The average molecular weight is 386 g/mol. The molecule has 0 fully saturated rings. The Kier molecular flexibility index (Phi) is 3.93. The summed E-state index contributed by atoms with van der Waals surface area (Å²) in [7, 11) is 1.67. The van der Waals surface area contributed by atoms with Gasteiger partial charge < -0.3 is 10.1 Å². The van der Waals surface area contributed by atoms with Gasteiger partial charge in [-0.1, -0.05) is 45.3 Å². The fourth-order valence-corrected chi connectivity index (χ4v) is 3.52. The second-order valence-corrected chi connectivity index (χ2v) is 6.64. The van der Waals surface area contributed by atoms with Gasteiger partial charge in [0.2, 0.25) is 5.95 Å². The van der Waals surface area contributed by atoms with Crippen LogP contribution >= 0.6 is 15.9 Å². The molecule has 1 N–H and O–H groups in total. The molecule has 0 saturated carbocycles. The van der Waals surface area contributed by atoms with E-state index in [1.807, 2.05) is 35.0 Å². The number of hydrogen-bond donors (Lipinski definition) is 1. The van der Waals surface area contributed by atoms with Crippen LogP contribution in [0.5, 0.6) is 5.75 Å². The van der Waals surface area contributed by atoms with Crippen molar-refractivity contribution in [2.75, 3.05) is 12.4 Å². The van der Waals surface area contributed by atoms with Gasteiger partial charge in [0, 0.05) is 4.47 Å². The zero-order valence-corrected chi connectivity index (χ0v) is 14.6. The zero-order valence-electron chi connectivity index (χ0n) is 13.1. The van der Waals surface area contributed by atoms with Gasteiger partial charge in [-0.3, -0.25) is 0 Å². The van der Waals surface area contributed by atoms with Crippen molar-refractivity contribution in [3.63, 3.8) is 0 Å². The van der Waals surface area contributed by atoms with Gasteiger partial charge in [-0.15, -0.1) is 0 Å². The maximum Gasteiger partial charge on any atom is 0.243 e. The number of hydrogen-bond acceptors (Lipinski definition) is 5. The quantitative estimate of drug-likeness (QED) is 0.745. The number of fused-ring (bicyclic) bond motifs is 1. The molecule has 0 unspecified atom stereocenters. The van der Waals surface area contributed by atoms with E-state index in [1.54, 1.807) is 7.11 Å². The van der Waals surface area contributed by atoms with Gasteiger partial charge in [-0.25, -0.2) is 4.68 Å². The average Bonchev–Trinajstić information content (AvgIpc) is 3.09. The third kappa shape index (κ3) is 2.75. The van der Waals surface area contributed by atoms with E-state index in [0.717, 1.165) is 22.2 Å². The molecular formula is C17H16BrN5O. The van der Waals surface area contributed by atoms with Crippen molar-refractivity contribution in [1.29, 1.82) is 0 Å². The molecule has 1 aromatic heterocycles. The molecule has 2 heterocycles. The van der Waals surface area contributed by atoms with Crippen LogP contribution in [0.3, 0.4) is 0 Å². The van der Waals surface area contributed by atoms with E-state index >= 15 is 0 Å². The van der Waals surface area contributed by atoms with E-state index in [1.165, 1.54) is 5.56 Å². The molecule has 1 aliphatic heterocycles. The Bertz CT molecular complexity index is 865. The van der Waals surface area contributed by atoms with Crippen LogP contribution in [0.15, 0.2) is 53.0 Å². The Hall–Kier alpha value is -2.41. The first-order valence-electron chi connectivity index (χ1n) is 7.68. The van der Waals surface area contributed by atoms with Crippen LogP contribution in [0.4, 0.5) is 5.95 Å². The minimum Gasteiger partial charge on any atom is -0.497 e. The van der Waals surface area contributed by atoms with Crippen molar-refractivity contribution in [2.45, 2.75) is 18.5 Å². The first-order valence-corrected chi connectivity index (χ1v) is 8.48. The number of methoxy groups -OCH3 is 1. The highest BCUT2D eigenvalue weighted by atomic mass is 79.9. The van der Waals surface area contributed by atoms with Crippen molar-refractivity contribution < 1.29 is 4.74 Å². The number of nitrogens with one attached hydrogen (secondary N) is 1. The number of benzene rings is 2. The van der Waals surface area contributed by atoms with Crippen molar-refractivity contribution in [2.24, 2.45) is 0 Å². The zero-order chi connectivity index (χ0) is 16.5. The minimum atomic E-state index is 0.0512. The molecule has 0 radical (unpaired) electrons. The molecule has 0 amide bonds. The Balaban J connectivity index is 1.74. The lowest BCUT2D eigenvalue weighted by Gasteiger charge is -2.31. The van der Waals surface area contributed by atoms with Gasteiger partial charge in [0.05, 0.1) is 19.2 Å². The van der Waals surface area contributed by atoms with Crippen molar-refractivity contribution in [1.82, 2.24) is 20.2 Å². The largest absolute Gasteiger partial charge is 0.497 e. The van der Waals surface area contributed by atoms with Crippen LogP contribution in [0, 0.1) is 0 Å². The maximum absolute atomic E-state index is 5.36. The second-order valence-electron chi connectivity index (χ2n) is 5.73. The number of tetrazole rings is 1. The van der Waals surface area contributed by atoms with E-state index in [9.17, 15) is 0 Å². The first kappa shape index (κ1) is 15.1. The summed E-state index contributed by atoms with van der Waals surface area (Å²) in [6.07, 6.45) is 0.849. The summed E-state index contributed by atoms with van der Waals surface area (Å²) in [6, 6.07) is 16.6. The van der Waals surface area contributed by atoms with Crippen molar-refractivity contribution in [3.05, 3.63) is 64.1 Å². The molecule has 122 valence electrons. The summed E-state index contributed by atoms with van der Waals surface area (Å²) in [6.45, 7) is 0. The highest BCUT2D eigenvalue weighted by Crippen LogP contribution is 2.38. The molecule has 1 aliphatic rings. The van der Waals surface area contributed by atoms with Crippen LogP contribution in [-0.4, -0.2) is 27.3 Å². The summed E-state index contributed by atoms with van der Waals surface area (Å²) >= 11 is 3.54. The van der Waals surface area contributed by atoms with Crippen LogP contribution < -0.4 is 10.1 Å². The van der Waals surface area contributed by atoms with Gasteiger partial charge in [-0.05, 0) is 52.2 Å². The summed E-state index contributed by atoms with van der Waals surface area (Å²) in [5, 5.41) is 15.5. The van der Waals surface area contributed by atoms with Crippen LogP contribution in [0.1, 0.15) is 29.6 Å². The highest BCUT2D eigenvalue weighted by molar-refractivity contribution is 9.10. The Morgan fingerprint density at radius 2 is 2.00 bits per heavy atom. The number of halogens is 1. The summed E-state index contributed by atoms with van der Waals surface area (Å²) in [4.78, 5) is 0. The first-order chi connectivity index (χ1) is 11.7. The molecule has 6 nitrogen and oxygen atoms in total. The van der Waals surface area contributed by atoms with E-state index in [-0.39, 0.29) is 12.1 Å². The van der Waals surface area contributed by atoms with Crippen molar-refractivity contribution in [3.8, 4) is 5.75 Å². The molecule has 2 atom stereocenters. The lowest BCUT2D eigenvalue weighted by atomic mass is 9.93. The SMILES string of the molecule is COc1cccc([C@H]2C[C@@H](c3cccc(Br)c3)Nc3nnnn32)c1. The predicted octanol–water partition coefficient (Wildman–Crippen LogP) is 3.59. The van der Waals surface area contributed by atoms with Crippen LogP contribution in [0.25, 0.3) is 0 Å². The van der Waals surface area contributed by atoms with Gasteiger partial charge in [0.15, 0.2) is 0 Å². The Labute approximate surface area is 148 Å². The van der Waals surface area contributed by atoms with Gasteiger partial charge >= 0.3 is 0 Å². The van der Waals surface area contributed by atoms with E-state index < -0.39 is 0 Å². The van der Waals surface area contributed by atoms with Gasteiger partial charge in [-0.2, -0.15) is 0 Å². The van der Waals surface area contributed by atoms with E-state index in [2.05, 4.69) is 55.0 Å². The van der Waals surface area contributed by atoms with E-state index in [0.29, 0.717) is 5.95 Å². The fraction of sp³-hybridized carbons (Fsp3) is 0.235. The molecule has 24 heavy (non-hydrogen) atoms. The third-order valence-electron chi connectivity index (χ3n) is 4.28. The molecular weight excluding hydrogens is 370 g/mol. The Morgan fingerprint density at radius 1 is 1.17 bits per heavy atom. The predicted molar refractivity (Wildman–Crippen MR) is 94.1 cm³/mol. The normalized spacial score (nSPS) is 19.4. The lowest BCUT2D eigenvalue weighted by molar-refractivity contribution is 0.404. The topological polar surface area (TPSA) is 64.9 Å². The minimum absolute atomic E-state index is 0.0512. The monoisotopic (exact) mass is 385 g/mol. The molecule has 2 aromatic carbocycles. The number of nitrogens with zero attached hydrogens (tertiary/aromatic N) is 4. The summed E-state index contributed by atoms with van der Waals surface area (Å²) in [5.74, 6) is 1.51. The summed E-state index contributed by atoms with van der Waals surface area (Å²) in [5.41, 5.74) is 2.33. The smallest absolute Gasteiger partial charge is 0.243 e.